The van der Waals surface area contributed by atoms with Crippen LogP contribution in [0, 0.1) is 0 Å². The fraction of sp³-hybridized carbons (Fsp3) is 1.00. The Morgan fingerprint density at radius 1 is 1.21 bits per heavy atom. The lowest BCUT2D eigenvalue weighted by Crippen LogP contribution is -2.09. The fourth-order valence-electron chi connectivity index (χ4n) is 0.638. The Morgan fingerprint density at radius 2 is 1.79 bits per heavy atom. The van der Waals surface area contributed by atoms with Crippen LogP contribution in [0.5, 0.6) is 0 Å². The molecule has 3 nitrogen and oxygen atoms in total. The van der Waals surface area contributed by atoms with Crippen molar-refractivity contribution in [2.45, 2.75) is 12.5 Å². The predicted molar refractivity (Wildman–Crippen MR) is 64.6 cm³/mol. The van der Waals surface area contributed by atoms with Crippen LogP contribution < -0.4 is 0 Å². The molecule has 0 atom stereocenters. The van der Waals surface area contributed by atoms with Gasteiger partial charge in [0.15, 0.2) is 0 Å². The molecule has 0 unspecified atom stereocenters. The molecule has 0 aromatic heterocycles. The first-order chi connectivity index (χ1) is 6.21. The van der Waals surface area contributed by atoms with Crippen LogP contribution in [-0.2, 0) is 10.1 Å². The van der Waals surface area contributed by atoms with Crippen LogP contribution in [0.3, 0.4) is 0 Å². The summed E-state index contributed by atoms with van der Waals surface area (Å²) < 4.78 is 30.6. The number of halogens is 3. The van der Waals surface area contributed by atoms with Crippen molar-refractivity contribution in [1.82, 2.24) is 0 Å². The molecule has 0 aromatic carbocycles. The van der Waals surface area contributed by atoms with Gasteiger partial charge in [0, 0.05) is 11.5 Å². The van der Waals surface area contributed by atoms with Gasteiger partial charge in [-0.2, -0.15) is 11.8 Å². The quantitative estimate of drug-likeness (QED) is 0.313. The first-order valence-corrected chi connectivity index (χ1v) is 11.8. The highest BCUT2D eigenvalue weighted by atomic mass is 35.8. The summed E-state index contributed by atoms with van der Waals surface area (Å²) in [6, 6.07) is -1.97. The molecule has 0 heterocycles. The van der Waals surface area contributed by atoms with Gasteiger partial charge in [0.25, 0.3) is 0 Å². The average molecular weight is 317 g/mol. The Morgan fingerprint density at radius 3 is 2.21 bits per heavy atom. The van der Waals surface area contributed by atoms with Gasteiger partial charge in [0.1, 0.15) is 0 Å². The summed E-state index contributed by atoms with van der Waals surface area (Å²) in [4.78, 5) is 0. The zero-order valence-corrected chi connectivity index (χ0v) is 12.1. The van der Waals surface area contributed by atoms with Crippen molar-refractivity contribution in [2.75, 3.05) is 17.3 Å². The van der Waals surface area contributed by atoms with Crippen LogP contribution in [0.1, 0.15) is 6.42 Å². The van der Waals surface area contributed by atoms with E-state index in [1.807, 2.05) is 0 Å². The maximum atomic E-state index is 10.2. The first kappa shape index (κ1) is 15.3. The summed E-state index contributed by atoms with van der Waals surface area (Å²) in [5.41, 5.74) is 0. The Balaban J connectivity index is 3.32. The lowest BCUT2D eigenvalue weighted by molar-refractivity contribution is 0.465. The van der Waals surface area contributed by atoms with Gasteiger partial charge in [-0.1, -0.05) is 0 Å². The van der Waals surface area contributed by atoms with Gasteiger partial charge in [0.2, 0.25) is 0 Å². The monoisotopic (exact) mass is 315 g/mol. The Kier molecular flexibility index (Phi) is 7.48. The van der Waals surface area contributed by atoms with Crippen LogP contribution in [-0.4, -0.2) is 36.2 Å². The predicted octanol–water partition coefficient (Wildman–Crippen LogP) is 2.31. The number of rotatable bonds is 7. The van der Waals surface area contributed by atoms with Gasteiger partial charge >= 0.3 is 6.00 Å². The van der Waals surface area contributed by atoms with E-state index < -0.39 is 16.1 Å². The SMILES string of the molecule is O=S(=O)([O-])CCSCCC[Si](Cl)(Cl)Cl. The van der Waals surface area contributed by atoms with Crippen molar-refractivity contribution in [3.63, 3.8) is 0 Å². The fourth-order valence-corrected chi connectivity index (χ4v) is 4.51. The lowest BCUT2D eigenvalue weighted by Gasteiger charge is -2.08. The van der Waals surface area contributed by atoms with E-state index in [4.69, 9.17) is 33.2 Å². The smallest absolute Gasteiger partial charge is 0.341 e. The molecule has 0 radical (unpaired) electrons. The van der Waals surface area contributed by atoms with Crippen LogP contribution in [0.4, 0.5) is 0 Å². The van der Waals surface area contributed by atoms with E-state index in [1.54, 1.807) is 0 Å². The maximum Gasteiger partial charge on any atom is 0.341 e. The van der Waals surface area contributed by atoms with E-state index in [0.29, 0.717) is 11.8 Å². The maximum absolute atomic E-state index is 10.2. The molecule has 9 heteroatoms. The highest BCUT2D eigenvalue weighted by molar-refractivity contribution is 8.00. The molecule has 0 saturated heterocycles. The molecule has 0 fully saturated rings. The van der Waals surface area contributed by atoms with Crippen molar-refractivity contribution in [3.05, 3.63) is 0 Å². The van der Waals surface area contributed by atoms with E-state index in [2.05, 4.69) is 0 Å². The minimum absolute atomic E-state index is 0.313. The summed E-state index contributed by atoms with van der Waals surface area (Å²) in [5, 5.41) is 0. The molecular weight excluding hydrogens is 307 g/mol. The van der Waals surface area contributed by atoms with Crippen molar-refractivity contribution in [2.24, 2.45) is 0 Å². The third-order valence-electron chi connectivity index (χ3n) is 1.23. The van der Waals surface area contributed by atoms with Crippen molar-refractivity contribution < 1.29 is 13.0 Å². The van der Waals surface area contributed by atoms with Gasteiger partial charge in [-0.15, -0.1) is 33.2 Å². The average Bonchev–Trinajstić information content (AvgIpc) is 1.92. The molecule has 0 N–H and O–H groups in total. The van der Waals surface area contributed by atoms with Crippen molar-refractivity contribution >= 4 is 61.1 Å². The standard InChI is InChI=1S/C5H11Cl3O3S2Si/c6-14(7,8)5-1-2-12-3-4-13(9,10)11/h1-5H2,(H,9,10,11)/p-1. The van der Waals surface area contributed by atoms with E-state index >= 15 is 0 Å². The van der Waals surface area contributed by atoms with Gasteiger partial charge in [-0.3, -0.25) is 0 Å². The highest BCUT2D eigenvalue weighted by Crippen LogP contribution is 2.27. The van der Waals surface area contributed by atoms with Gasteiger partial charge < -0.3 is 4.55 Å². The molecule has 0 aromatic rings. The largest absolute Gasteiger partial charge is 0.748 e. The van der Waals surface area contributed by atoms with Crippen LogP contribution in [0.25, 0.3) is 0 Å². The van der Waals surface area contributed by atoms with Crippen LogP contribution in [0.15, 0.2) is 0 Å². The van der Waals surface area contributed by atoms with Crippen molar-refractivity contribution in [1.29, 1.82) is 0 Å². The van der Waals surface area contributed by atoms with E-state index in [9.17, 15) is 13.0 Å². The molecule has 0 bridgehead atoms. The minimum atomic E-state index is -4.08. The summed E-state index contributed by atoms with van der Waals surface area (Å²) in [6.45, 7) is 0. The van der Waals surface area contributed by atoms with Crippen LogP contribution >= 0.6 is 45.0 Å². The van der Waals surface area contributed by atoms with E-state index in [-0.39, 0.29) is 5.75 Å². The Bertz CT molecular complexity index is 251. The molecule has 0 rings (SSSR count). The summed E-state index contributed by atoms with van der Waals surface area (Å²) in [5.74, 6) is 0.701. The topological polar surface area (TPSA) is 57.2 Å². The second-order valence-corrected chi connectivity index (χ2v) is 14.6. The van der Waals surface area contributed by atoms with Gasteiger partial charge in [0.05, 0.1) is 10.1 Å². The second-order valence-electron chi connectivity index (χ2n) is 2.59. The zero-order valence-electron chi connectivity index (χ0n) is 7.21. The van der Waals surface area contributed by atoms with E-state index in [0.717, 1.165) is 12.2 Å². The zero-order chi connectivity index (χ0) is 11.2. The second kappa shape index (κ2) is 6.83. The number of hydrogen-bond acceptors (Lipinski definition) is 4. The molecule has 0 spiro atoms. The molecule has 0 aliphatic carbocycles. The molecule has 14 heavy (non-hydrogen) atoms. The number of thioether (sulfide) groups is 1. The Hall–Kier alpha value is 1.35. The normalized spacial score (nSPS) is 13.1. The summed E-state index contributed by atoms with van der Waals surface area (Å²) in [6.07, 6.45) is 0.742. The van der Waals surface area contributed by atoms with E-state index in [1.165, 1.54) is 11.8 Å². The van der Waals surface area contributed by atoms with Crippen molar-refractivity contribution in [3.8, 4) is 0 Å². The first-order valence-electron chi connectivity index (χ1n) is 3.79. The van der Waals surface area contributed by atoms with Crippen LogP contribution in [0.2, 0.25) is 6.04 Å². The molecule has 0 aliphatic heterocycles. The molecular formula is C5H10Cl3O3S2Si-. The molecule has 0 aliphatic rings. The lowest BCUT2D eigenvalue weighted by atomic mass is 10.6. The molecule has 0 amide bonds. The van der Waals surface area contributed by atoms with Gasteiger partial charge in [-0.25, -0.2) is 8.42 Å². The van der Waals surface area contributed by atoms with Gasteiger partial charge in [-0.05, 0) is 18.2 Å². The summed E-state index contributed by atoms with van der Waals surface area (Å²) in [7, 11) is -4.08. The molecule has 86 valence electrons. The Labute approximate surface area is 103 Å². The summed E-state index contributed by atoms with van der Waals surface area (Å²) >= 11 is 18.3. The molecule has 0 saturated carbocycles. The number of hydrogen-bond donors (Lipinski definition) is 0. The minimum Gasteiger partial charge on any atom is -0.748 e. The highest BCUT2D eigenvalue weighted by Gasteiger charge is 2.23. The third kappa shape index (κ3) is 13.3. The third-order valence-corrected chi connectivity index (χ3v) is 5.88.